The summed E-state index contributed by atoms with van der Waals surface area (Å²) in [6.07, 6.45) is -2.22. The molecule has 0 spiro atoms. The highest BCUT2D eigenvalue weighted by atomic mass is 32.2. The van der Waals surface area contributed by atoms with Crippen molar-refractivity contribution in [2.24, 2.45) is 11.8 Å². The van der Waals surface area contributed by atoms with Crippen LogP contribution in [-0.4, -0.2) is 56.2 Å². The summed E-state index contributed by atoms with van der Waals surface area (Å²) in [6, 6.07) is 11.7. The Balaban J connectivity index is 2.20. The van der Waals surface area contributed by atoms with Crippen LogP contribution in [0.5, 0.6) is 5.75 Å². The average Bonchev–Trinajstić information content (AvgIpc) is 2.81. The van der Waals surface area contributed by atoms with Crippen molar-refractivity contribution in [2.75, 3.05) is 24.1 Å². The quantitative estimate of drug-likeness (QED) is 0.248. The summed E-state index contributed by atoms with van der Waals surface area (Å²) in [5.74, 6) is 0.00951. The highest BCUT2D eigenvalue weighted by molar-refractivity contribution is 7.92. The molecule has 0 saturated carbocycles. The number of aryl methyl sites for hydroxylation is 2. The van der Waals surface area contributed by atoms with E-state index in [9.17, 15) is 8.42 Å². The first kappa shape index (κ1) is 29.0. The molecule has 0 aliphatic rings. The van der Waals surface area contributed by atoms with Crippen molar-refractivity contribution in [2.45, 2.75) is 51.7 Å². The van der Waals surface area contributed by atoms with Crippen LogP contribution in [0, 0.1) is 25.7 Å². The maximum Gasteiger partial charge on any atom is 0.264 e. The molecule has 0 aliphatic carbocycles. The summed E-state index contributed by atoms with van der Waals surface area (Å²) < 4.78 is 34.2. The zero-order valence-corrected chi connectivity index (χ0v) is 21.4. The van der Waals surface area contributed by atoms with E-state index in [-0.39, 0.29) is 17.4 Å². The van der Waals surface area contributed by atoms with Gasteiger partial charge in [-0.3, -0.25) is 20.1 Å². The third kappa shape index (κ3) is 7.61. The monoisotopic (exact) mass is 513 g/mol. The Morgan fingerprint density at radius 1 is 0.914 bits per heavy atom. The molecule has 10 nitrogen and oxygen atoms in total. The summed E-state index contributed by atoms with van der Waals surface area (Å²) in [4.78, 5) is 12.6. The summed E-state index contributed by atoms with van der Waals surface area (Å²) in [5.41, 5.74) is 2.57. The SMILES string of the molecule is Cc1ccc(N(CC(C)C)S(=O)(=O)c2ccc(OCC(C)[C@H](OO)[C@@H](COO)OO)cc2)c(C)c1. The van der Waals surface area contributed by atoms with Gasteiger partial charge in [0.05, 0.1) is 17.2 Å². The molecule has 2 aromatic carbocycles. The molecular weight excluding hydrogens is 478 g/mol. The van der Waals surface area contributed by atoms with Crippen molar-refractivity contribution in [3.63, 3.8) is 0 Å². The van der Waals surface area contributed by atoms with E-state index in [1.54, 1.807) is 19.1 Å². The zero-order valence-electron chi connectivity index (χ0n) is 20.6. The summed E-state index contributed by atoms with van der Waals surface area (Å²) >= 11 is 0. The van der Waals surface area contributed by atoms with Gasteiger partial charge in [0.2, 0.25) is 0 Å². The Morgan fingerprint density at radius 2 is 1.57 bits per heavy atom. The van der Waals surface area contributed by atoms with E-state index in [4.69, 9.17) is 20.5 Å². The van der Waals surface area contributed by atoms with Gasteiger partial charge in [0.1, 0.15) is 24.6 Å². The second-order valence-corrected chi connectivity index (χ2v) is 10.9. The zero-order chi connectivity index (χ0) is 26.2. The van der Waals surface area contributed by atoms with E-state index in [0.717, 1.165) is 11.1 Å². The minimum Gasteiger partial charge on any atom is -0.493 e. The maximum absolute atomic E-state index is 13.6. The number of rotatable bonds is 14. The van der Waals surface area contributed by atoms with Crippen molar-refractivity contribution >= 4 is 15.7 Å². The Morgan fingerprint density at radius 3 is 2.09 bits per heavy atom. The molecule has 2 rings (SSSR count). The molecular formula is C24H35NO9S. The molecule has 0 radical (unpaired) electrons. The molecule has 35 heavy (non-hydrogen) atoms. The van der Waals surface area contributed by atoms with Gasteiger partial charge in [-0.15, -0.1) is 0 Å². The molecule has 1 unspecified atom stereocenters. The lowest BCUT2D eigenvalue weighted by molar-refractivity contribution is -0.385. The van der Waals surface area contributed by atoms with Crippen LogP contribution in [0.1, 0.15) is 31.9 Å². The Bertz CT molecular complexity index is 1030. The lowest BCUT2D eigenvalue weighted by Crippen LogP contribution is -2.41. The van der Waals surface area contributed by atoms with Crippen LogP contribution in [0.2, 0.25) is 0 Å². The Kier molecular flexibility index (Phi) is 10.9. The molecule has 0 heterocycles. The van der Waals surface area contributed by atoms with Gasteiger partial charge in [-0.1, -0.05) is 38.5 Å². The molecule has 196 valence electrons. The Hall–Kier alpha value is -2.25. The lowest BCUT2D eigenvalue weighted by Gasteiger charge is -2.28. The number of hydrogen-bond acceptors (Lipinski definition) is 9. The first-order valence-corrected chi connectivity index (χ1v) is 12.7. The van der Waals surface area contributed by atoms with Crippen LogP contribution in [-0.2, 0) is 24.7 Å². The van der Waals surface area contributed by atoms with Crippen LogP contribution in [0.15, 0.2) is 47.4 Å². The maximum atomic E-state index is 13.6. The van der Waals surface area contributed by atoms with Crippen molar-refractivity contribution < 1.29 is 43.6 Å². The van der Waals surface area contributed by atoms with Crippen molar-refractivity contribution in [3.05, 3.63) is 53.6 Å². The van der Waals surface area contributed by atoms with Gasteiger partial charge in [-0.2, -0.15) is 0 Å². The van der Waals surface area contributed by atoms with Gasteiger partial charge in [0.25, 0.3) is 10.0 Å². The number of ether oxygens (including phenoxy) is 1. The number of hydrogen-bond donors (Lipinski definition) is 3. The highest BCUT2D eigenvalue weighted by Gasteiger charge is 2.31. The van der Waals surface area contributed by atoms with E-state index in [2.05, 4.69) is 14.7 Å². The van der Waals surface area contributed by atoms with Gasteiger partial charge < -0.3 is 4.74 Å². The molecule has 11 heteroatoms. The standard InChI is InChI=1S/C24H35NO9S/c1-16(2)13-25(22-11-6-17(3)12-18(22)4)35(29,30)21-9-7-20(8-10-21)31-14-19(5)24(34-28)23(33-27)15-32-26/h6-12,16,19,23-24,26-28H,13-15H2,1-5H3/t19?,23-,24+/m1/s1. The molecule has 2 aromatic rings. The van der Waals surface area contributed by atoms with Crippen LogP contribution in [0.4, 0.5) is 5.69 Å². The second-order valence-electron chi connectivity index (χ2n) is 8.99. The third-order valence-corrected chi connectivity index (χ3v) is 7.29. The predicted molar refractivity (Wildman–Crippen MR) is 130 cm³/mol. The summed E-state index contributed by atoms with van der Waals surface area (Å²) in [7, 11) is -3.83. The van der Waals surface area contributed by atoms with Crippen LogP contribution in [0.25, 0.3) is 0 Å². The summed E-state index contributed by atoms with van der Waals surface area (Å²) in [5, 5.41) is 26.6. The van der Waals surface area contributed by atoms with E-state index in [0.29, 0.717) is 18.0 Å². The fraction of sp³-hybridized carbons (Fsp3) is 0.500. The van der Waals surface area contributed by atoms with Gasteiger partial charge in [-0.25, -0.2) is 23.1 Å². The smallest absolute Gasteiger partial charge is 0.264 e. The fourth-order valence-corrected chi connectivity index (χ4v) is 5.39. The van der Waals surface area contributed by atoms with Crippen molar-refractivity contribution in [1.29, 1.82) is 0 Å². The van der Waals surface area contributed by atoms with Crippen molar-refractivity contribution in [1.82, 2.24) is 0 Å². The van der Waals surface area contributed by atoms with Gasteiger partial charge in [0.15, 0.2) is 0 Å². The minimum absolute atomic E-state index is 0.0324. The van der Waals surface area contributed by atoms with E-state index >= 15 is 0 Å². The van der Waals surface area contributed by atoms with Gasteiger partial charge >= 0.3 is 0 Å². The molecule has 0 bridgehead atoms. The minimum atomic E-state index is -3.83. The van der Waals surface area contributed by atoms with Crippen LogP contribution < -0.4 is 9.04 Å². The number of sulfonamides is 1. The molecule has 3 N–H and O–H groups in total. The second kappa shape index (κ2) is 13.2. The highest BCUT2D eigenvalue weighted by Crippen LogP contribution is 2.29. The molecule has 0 fully saturated rings. The van der Waals surface area contributed by atoms with Crippen molar-refractivity contribution in [3.8, 4) is 5.75 Å². The largest absolute Gasteiger partial charge is 0.493 e. The average molecular weight is 514 g/mol. The molecule has 0 aliphatic heterocycles. The normalized spacial score (nSPS) is 14.5. The molecule has 0 saturated heterocycles. The molecule has 0 amide bonds. The van der Waals surface area contributed by atoms with Crippen LogP contribution >= 0.6 is 0 Å². The first-order valence-electron chi connectivity index (χ1n) is 11.2. The summed E-state index contributed by atoms with van der Waals surface area (Å²) in [6.45, 7) is 9.37. The molecule has 3 atom stereocenters. The van der Waals surface area contributed by atoms with Gasteiger partial charge in [0, 0.05) is 12.5 Å². The lowest BCUT2D eigenvalue weighted by atomic mass is 10.0. The number of anilines is 1. The van der Waals surface area contributed by atoms with Gasteiger partial charge in [-0.05, 0) is 55.7 Å². The van der Waals surface area contributed by atoms with Crippen LogP contribution in [0.3, 0.4) is 0 Å². The Labute approximate surface area is 206 Å². The first-order chi connectivity index (χ1) is 16.5. The fourth-order valence-electron chi connectivity index (χ4n) is 3.70. The van der Waals surface area contributed by atoms with E-state index < -0.39 is 34.8 Å². The molecule has 0 aromatic heterocycles. The third-order valence-electron chi connectivity index (χ3n) is 5.50. The predicted octanol–water partition coefficient (Wildman–Crippen LogP) is 4.38. The number of nitrogens with zero attached hydrogens (tertiary/aromatic N) is 1. The van der Waals surface area contributed by atoms with E-state index in [1.165, 1.54) is 16.4 Å². The van der Waals surface area contributed by atoms with E-state index in [1.807, 2.05) is 45.9 Å². The number of benzene rings is 2. The topological polar surface area (TPSA) is 135 Å².